The summed E-state index contributed by atoms with van der Waals surface area (Å²) in [6.07, 6.45) is 6.19. The number of rotatable bonds is 1. The van der Waals surface area contributed by atoms with Gasteiger partial charge >= 0.3 is 0 Å². The van der Waals surface area contributed by atoms with Crippen LogP contribution in [0.4, 0.5) is 0 Å². The topological polar surface area (TPSA) is 3.24 Å². The first-order chi connectivity index (χ1) is 5.08. The molecule has 60 valence electrons. The van der Waals surface area contributed by atoms with E-state index in [1.165, 1.54) is 0 Å². The zero-order valence-electron chi connectivity index (χ0n) is 6.57. The molecule has 1 heterocycles. The van der Waals surface area contributed by atoms with E-state index < -0.39 is 5.39 Å². The second-order valence-corrected chi connectivity index (χ2v) is 10.3. The van der Waals surface area contributed by atoms with Crippen LogP contribution < -0.4 is 0 Å². The van der Waals surface area contributed by atoms with Crippen LogP contribution in [-0.4, -0.2) is 24.9 Å². The lowest BCUT2D eigenvalue weighted by Gasteiger charge is -2.22. The van der Waals surface area contributed by atoms with E-state index in [2.05, 4.69) is 10.6 Å². The van der Waals surface area contributed by atoms with E-state index in [4.69, 9.17) is 18.2 Å². The van der Waals surface area contributed by atoms with Crippen LogP contribution >= 0.6 is 16.8 Å². The first-order valence-electron chi connectivity index (χ1n) is 3.19. The van der Waals surface area contributed by atoms with Gasteiger partial charge < -0.3 is 0 Å². The van der Waals surface area contributed by atoms with Gasteiger partial charge in [-0.1, -0.05) is 29.1 Å². The molecule has 0 aliphatic carbocycles. The predicted molar refractivity (Wildman–Crippen MR) is 57.3 cm³/mol. The lowest BCUT2D eigenvalue weighted by molar-refractivity contribution is 0.687. The molecule has 11 heavy (non-hydrogen) atoms. The molecule has 4 heteroatoms. The highest BCUT2D eigenvalue weighted by Gasteiger charge is 2.25. The van der Waals surface area contributed by atoms with E-state index in [1.807, 2.05) is 19.5 Å². The Morgan fingerprint density at radius 3 is 2.73 bits per heavy atom. The average molecular weight is 203 g/mol. The van der Waals surface area contributed by atoms with Crippen molar-refractivity contribution in [3.8, 4) is 12.3 Å². The van der Waals surface area contributed by atoms with Crippen molar-refractivity contribution >= 4 is 28.6 Å². The Morgan fingerprint density at radius 1 is 1.82 bits per heavy atom. The molecule has 0 bridgehead atoms. The molecule has 0 aromatic rings. The second-order valence-electron chi connectivity index (χ2n) is 2.54. The molecular formula is C7H10NPS2. The Morgan fingerprint density at radius 2 is 2.45 bits per heavy atom. The van der Waals surface area contributed by atoms with Crippen molar-refractivity contribution in [2.24, 2.45) is 0 Å². The van der Waals surface area contributed by atoms with Crippen LogP contribution in [0.5, 0.6) is 0 Å². The molecule has 1 aliphatic heterocycles. The first kappa shape index (κ1) is 9.35. The fraction of sp³-hybridized carbons (Fsp3) is 0.429. The molecule has 0 aromatic heterocycles. The number of hydrogen-bond acceptors (Lipinski definition) is 2. The maximum absolute atomic E-state index is 5.49. The van der Waals surface area contributed by atoms with E-state index in [-0.39, 0.29) is 0 Å². The van der Waals surface area contributed by atoms with Crippen LogP contribution in [0.2, 0.25) is 0 Å². The molecule has 0 saturated carbocycles. The maximum atomic E-state index is 5.49. The summed E-state index contributed by atoms with van der Waals surface area (Å²) in [5.41, 5.74) is 1.06. The van der Waals surface area contributed by atoms with Gasteiger partial charge in [0.25, 0.3) is 0 Å². The normalized spacial score (nSPS) is 30.2. The van der Waals surface area contributed by atoms with Gasteiger partial charge in [-0.3, -0.25) is 4.67 Å². The van der Waals surface area contributed by atoms with Gasteiger partial charge in [0.15, 0.2) is 0 Å². The van der Waals surface area contributed by atoms with Crippen molar-refractivity contribution in [2.75, 3.05) is 20.3 Å². The highest BCUT2D eigenvalue weighted by Crippen LogP contribution is 2.65. The third kappa shape index (κ3) is 1.89. The van der Waals surface area contributed by atoms with E-state index in [0.717, 1.165) is 11.7 Å². The van der Waals surface area contributed by atoms with Gasteiger partial charge in [0.2, 0.25) is 0 Å². The lowest BCUT2D eigenvalue weighted by atomic mass is 10.4. The van der Waals surface area contributed by atoms with Crippen LogP contribution in [0.3, 0.4) is 0 Å². The average Bonchev–Trinajstić information content (AvgIpc) is 2.33. The highest BCUT2D eigenvalue weighted by atomic mass is 32.9. The van der Waals surface area contributed by atoms with E-state index >= 15 is 0 Å². The molecule has 0 radical (unpaired) electrons. The largest absolute Gasteiger partial charge is 0.273 e. The minimum atomic E-state index is -1.37. The monoisotopic (exact) mass is 203 g/mol. The fourth-order valence-electron chi connectivity index (χ4n) is 0.751. The molecule has 1 nitrogen and oxygen atoms in total. The predicted octanol–water partition coefficient (Wildman–Crippen LogP) is 2.12. The van der Waals surface area contributed by atoms with Crippen molar-refractivity contribution in [2.45, 2.75) is 0 Å². The third-order valence-corrected chi connectivity index (χ3v) is 9.02. The van der Waals surface area contributed by atoms with Gasteiger partial charge in [0.1, 0.15) is 0 Å². The van der Waals surface area contributed by atoms with Crippen molar-refractivity contribution in [3.63, 3.8) is 0 Å². The molecule has 0 amide bonds. The molecule has 0 spiro atoms. The van der Waals surface area contributed by atoms with E-state index in [9.17, 15) is 0 Å². The summed E-state index contributed by atoms with van der Waals surface area (Å²) < 4.78 is 2.13. The Kier molecular flexibility index (Phi) is 2.83. The van der Waals surface area contributed by atoms with Gasteiger partial charge in [-0.15, -0.1) is 6.42 Å². The van der Waals surface area contributed by atoms with E-state index in [1.54, 1.807) is 11.4 Å². The van der Waals surface area contributed by atoms with E-state index in [0.29, 0.717) is 0 Å². The summed E-state index contributed by atoms with van der Waals surface area (Å²) in [6, 6.07) is 0. The molecule has 0 N–H and O–H groups in total. The molecule has 0 saturated heterocycles. The SMILES string of the molecule is C#CC1=CSP(=S)(N(C)C)C1. The second kappa shape index (κ2) is 3.33. The standard InChI is InChI=1S/C7H10NPS2/c1-4-7-5-9(10,8(2)3)11-6-7/h1,6H,5H2,2-3H3. The Labute approximate surface area is 77.0 Å². The molecule has 0 fully saturated rings. The summed E-state index contributed by atoms with van der Waals surface area (Å²) in [7, 11) is 4.06. The Bertz CT molecular complexity index is 275. The molecular weight excluding hydrogens is 193 g/mol. The van der Waals surface area contributed by atoms with Gasteiger partial charge in [0.05, 0.1) is 5.39 Å². The Balaban J connectivity index is 2.75. The summed E-state index contributed by atoms with van der Waals surface area (Å²) in [5, 5.41) is 0.662. The zero-order chi connectivity index (χ0) is 8.48. The molecule has 1 unspecified atom stereocenters. The first-order valence-corrected chi connectivity index (χ1v) is 7.62. The Hall–Kier alpha value is 0.260. The summed E-state index contributed by atoms with van der Waals surface area (Å²) in [5.74, 6) is 2.65. The third-order valence-electron chi connectivity index (χ3n) is 1.52. The highest BCUT2D eigenvalue weighted by molar-refractivity contribution is 8.71. The van der Waals surface area contributed by atoms with Crippen LogP contribution in [-0.2, 0) is 11.8 Å². The zero-order valence-corrected chi connectivity index (χ0v) is 9.10. The van der Waals surface area contributed by atoms with Crippen molar-refractivity contribution in [1.82, 2.24) is 4.67 Å². The summed E-state index contributed by atoms with van der Waals surface area (Å²) >= 11 is 7.22. The number of nitrogens with zero attached hydrogens (tertiary/aromatic N) is 1. The van der Waals surface area contributed by atoms with Gasteiger partial charge in [-0.2, -0.15) is 0 Å². The van der Waals surface area contributed by atoms with Crippen LogP contribution in [0.15, 0.2) is 11.0 Å². The fourth-order valence-corrected chi connectivity index (χ4v) is 5.36. The van der Waals surface area contributed by atoms with Gasteiger partial charge in [-0.25, -0.2) is 0 Å². The van der Waals surface area contributed by atoms with Crippen LogP contribution in [0.25, 0.3) is 0 Å². The van der Waals surface area contributed by atoms with Crippen molar-refractivity contribution in [3.05, 3.63) is 11.0 Å². The summed E-state index contributed by atoms with van der Waals surface area (Å²) in [6.45, 7) is 0. The summed E-state index contributed by atoms with van der Waals surface area (Å²) in [4.78, 5) is 0. The minimum Gasteiger partial charge on any atom is -0.273 e. The lowest BCUT2D eigenvalue weighted by Crippen LogP contribution is -2.06. The molecule has 1 rings (SSSR count). The van der Waals surface area contributed by atoms with Crippen LogP contribution in [0.1, 0.15) is 0 Å². The van der Waals surface area contributed by atoms with Crippen LogP contribution in [0, 0.1) is 12.3 Å². The quantitative estimate of drug-likeness (QED) is 0.475. The van der Waals surface area contributed by atoms with Crippen molar-refractivity contribution in [1.29, 1.82) is 0 Å². The maximum Gasteiger partial charge on any atom is 0.0754 e. The molecule has 1 aliphatic rings. The number of terminal acetylenes is 1. The smallest absolute Gasteiger partial charge is 0.0754 e. The minimum absolute atomic E-state index is 0.913. The number of hydrogen-bond donors (Lipinski definition) is 0. The van der Waals surface area contributed by atoms with Gasteiger partial charge in [0, 0.05) is 11.7 Å². The molecule has 1 atom stereocenters. The van der Waals surface area contributed by atoms with Gasteiger partial charge in [-0.05, 0) is 19.5 Å². The number of allylic oxidation sites excluding steroid dienone is 1. The molecule has 0 aromatic carbocycles. The van der Waals surface area contributed by atoms with Crippen molar-refractivity contribution < 1.29 is 0 Å².